The number of rotatable bonds is 5. The van der Waals surface area contributed by atoms with Crippen LogP contribution in [0.3, 0.4) is 0 Å². The molecular formula is C16H25ClN4S. The fourth-order valence-electron chi connectivity index (χ4n) is 3.02. The molecule has 6 heteroatoms. The van der Waals surface area contributed by atoms with Crippen LogP contribution >= 0.6 is 23.7 Å². The second-order valence-corrected chi connectivity index (χ2v) is 7.11. The highest BCUT2D eigenvalue weighted by molar-refractivity contribution is 7.15. The van der Waals surface area contributed by atoms with Crippen molar-refractivity contribution >= 4 is 23.7 Å². The quantitative estimate of drug-likeness (QED) is 0.908. The van der Waals surface area contributed by atoms with Crippen molar-refractivity contribution in [2.24, 2.45) is 13.0 Å². The molecule has 0 atom stereocenters. The van der Waals surface area contributed by atoms with Crippen LogP contribution in [0.15, 0.2) is 24.5 Å². The minimum atomic E-state index is 0. The van der Waals surface area contributed by atoms with Gasteiger partial charge in [0.15, 0.2) is 0 Å². The highest BCUT2D eigenvalue weighted by atomic mass is 35.5. The molecule has 1 fully saturated rings. The summed E-state index contributed by atoms with van der Waals surface area (Å²) in [5.74, 6) is 0.862. The third kappa shape index (κ3) is 4.32. The van der Waals surface area contributed by atoms with Gasteiger partial charge in [-0.05, 0) is 57.6 Å². The van der Waals surface area contributed by atoms with Crippen molar-refractivity contribution in [3.05, 3.63) is 29.4 Å². The Labute approximate surface area is 142 Å². The SMILES string of the molecule is CNCC1CCN(Cc2ccc(-c3cnn(C)c3)s2)CC1.Cl. The summed E-state index contributed by atoms with van der Waals surface area (Å²) in [6.45, 7) is 4.72. The molecule has 0 spiro atoms. The van der Waals surface area contributed by atoms with E-state index in [1.165, 1.54) is 41.2 Å². The van der Waals surface area contributed by atoms with Crippen molar-refractivity contribution in [2.45, 2.75) is 19.4 Å². The molecule has 3 heterocycles. The number of thiophene rings is 1. The van der Waals surface area contributed by atoms with Crippen LogP contribution in [-0.2, 0) is 13.6 Å². The van der Waals surface area contributed by atoms with Gasteiger partial charge < -0.3 is 5.32 Å². The van der Waals surface area contributed by atoms with Crippen molar-refractivity contribution in [1.29, 1.82) is 0 Å². The molecule has 0 radical (unpaired) electrons. The number of halogens is 1. The number of aromatic nitrogens is 2. The van der Waals surface area contributed by atoms with Gasteiger partial charge in [-0.1, -0.05) is 0 Å². The summed E-state index contributed by atoms with van der Waals surface area (Å²) < 4.78 is 1.86. The molecule has 0 unspecified atom stereocenters. The van der Waals surface area contributed by atoms with E-state index in [1.54, 1.807) is 0 Å². The summed E-state index contributed by atoms with van der Waals surface area (Å²) in [5, 5.41) is 7.55. The maximum absolute atomic E-state index is 4.25. The Kier molecular flexibility index (Phi) is 6.44. The lowest BCUT2D eigenvalue weighted by atomic mass is 9.97. The number of hydrogen-bond acceptors (Lipinski definition) is 4. The highest BCUT2D eigenvalue weighted by Gasteiger charge is 2.19. The van der Waals surface area contributed by atoms with Crippen LogP contribution in [0.2, 0.25) is 0 Å². The molecule has 122 valence electrons. The Morgan fingerprint density at radius 3 is 2.73 bits per heavy atom. The monoisotopic (exact) mass is 340 g/mol. The zero-order valence-corrected chi connectivity index (χ0v) is 14.9. The van der Waals surface area contributed by atoms with Crippen LogP contribution in [0.25, 0.3) is 10.4 Å². The number of nitrogens with one attached hydrogen (secondary N) is 1. The van der Waals surface area contributed by atoms with Gasteiger partial charge in [0.05, 0.1) is 6.20 Å². The number of nitrogens with zero attached hydrogens (tertiary/aromatic N) is 3. The van der Waals surface area contributed by atoms with Crippen molar-refractivity contribution < 1.29 is 0 Å². The van der Waals surface area contributed by atoms with Gasteiger partial charge in [0.2, 0.25) is 0 Å². The Balaban J connectivity index is 0.00000176. The molecule has 3 rings (SSSR count). The van der Waals surface area contributed by atoms with Crippen LogP contribution < -0.4 is 5.32 Å². The van der Waals surface area contributed by atoms with Crippen LogP contribution in [0.4, 0.5) is 0 Å². The lowest BCUT2D eigenvalue weighted by molar-refractivity contribution is 0.178. The molecule has 0 aliphatic carbocycles. The number of aryl methyl sites for hydroxylation is 1. The van der Waals surface area contributed by atoms with Gasteiger partial charge in [0.25, 0.3) is 0 Å². The Morgan fingerprint density at radius 1 is 1.32 bits per heavy atom. The normalized spacial score (nSPS) is 16.6. The maximum atomic E-state index is 4.25. The van der Waals surface area contributed by atoms with E-state index in [4.69, 9.17) is 0 Å². The topological polar surface area (TPSA) is 33.1 Å². The number of piperidine rings is 1. The molecule has 22 heavy (non-hydrogen) atoms. The van der Waals surface area contributed by atoms with Crippen molar-refractivity contribution in [3.63, 3.8) is 0 Å². The minimum Gasteiger partial charge on any atom is -0.319 e. The predicted octanol–water partition coefficient (Wildman–Crippen LogP) is 3.00. The molecular weight excluding hydrogens is 316 g/mol. The van der Waals surface area contributed by atoms with Crippen molar-refractivity contribution in [2.75, 3.05) is 26.7 Å². The summed E-state index contributed by atoms with van der Waals surface area (Å²) in [7, 11) is 4.02. The van der Waals surface area contributed by atoms with E-state index < -0.39 is 0 Å². The zero-order valence-electron chi connectivity index (χ0n) is 13.3. The molecule has 1 aliphatic rings. The molecule has 4 nitrogen and oxygen atoms in total. The van der Waals surface area contributed by atoms with Crippen LogP contribution in [0, 0.1) is 5.92 Å². The van der Waals surface area contributed by atoms with E-state index in [0.717, 1.165) is 19.0 Å². The van der Waals surface area contributed by atoms with Crippen LogP contribution in [0.5, 0.6) is 0 Å². The van der Waals surface area contributed by atoms with E-state index in [9.17, 15) is 0 Å². The van der Waals surface area contributed by atoms with Gasteiger partial charge in [-0.2, -0.15) is 5.10 Å². The summed E-state index contributed by atoms with van der Waals surface area (Å²) in [6, 6.07) is 4.50. The molecule has 1 aliphatic heterocycles. The first kappa shape index (κ1) is 17.5. The summed E-state index contributed by atoms with van der Waals surface area (Å²) in [5.41, 5.74) is 1.22. The molecule has 1 N–H and O–H groups in total. The van der Waals surface area contributed by atoms with Gasteiger partial charge in [-0.25, -0.2) is 0 Å². The Hall–Kier alpha value is -0.880. The third-order valence-electron chi connectivity index (χ3n) is 4.23. The molecule has 0 saturated carbocycles. The number of hydrogen-bond donors (Lipinski definition) is 1. The van der Waals surface area contributed by atoms with Crippen LogP contribution in [-0.4, -0.2) is 41.4 Å². The molecule has 2 aromatic heterocycles. The minimum absolute atomic E-state index is 0. The van der Waals surface area contributed by atoms with E-state index in [0.29, 0.717) is 0 Å². The molecule has 2 aromatic rings. The lowest BCUT2D eigenvalue weighted by Gasteiger charge is -2.31. The summed E-state index contributed by atoms with van der Waals surface area (Å²) in [6.07, 6.45) is 6.67. The first-order chi connectivity index (χ1) is 10.2. The van der Waals surface area contributed by atoms with Gasteiger partial charge in [-0.3, -0.25) is 9.58 Å². The first-order valence-corrected chi connectivity index (χ1v) is 8.51. The van der Waals surface area contributed by atoms with Gasteiger partial charge in [0.1, 0.15) is 0 Å². The van der Waals surface area contributed by atoms with E-state index in [2.05, 4.69) is 40.7 Å². The fourth-order valence-corrected chi connectivity index (χ4v) is 4.05. The molecule has 0 bridgehead atoms. The Morgan fingerprint density at radius 2 is 2.09 bits per heavy atom. The van der Waals surface area contributed by atoms with Crippen molar-refractivity contribution in [1.82, 2.24) is 20.0 Å². The van der Waals surface area contributed by atoms with Gasteiger partial charge in [-0.15, -0.1) is 23.7 Å². The third-order valence-corrected chi connectivity index (χ3v) is 5.35. The number of likely N-dealkylation sites (tertiary alicyclic amines) is 1. The van der Waals surface area contributed by atoms with Gasteiger partial charge in [0, 0.05) is 35.1 Å². The van der Waals surface area contributed by atoms with Crippen LogP contribution in [0.1, 0.15) is 17.7 Å². The summed E-state index contributed by atoms with van der Waals surface area (Å²) >= 11 is 1.90. The zero-order chi connectivity index (χ0) is 14.7. The smallest absolute Gasteiger partial charge is 0.0576 e. The van der Waals surface area contributed by atoms with Gasteiger partial charge >= 0.3 is 0 Å². The average molecular weight is 341 g/mol. The molecule has 0 aromatic carbocycles. The molecule has 1 saturated heterocycles. The predicted molar refractivity (Wildman–Crippen MR) is 95.7 cm³/mol. The molecule has 0 amide bonds. The lowest BCUT2D eigenvalue weighted by Crippen LogP contribution is -2.36. The second-order valence-electron chi connectivity index (χ2n) is 5.95. The second kappa shape index (κ2) is 8.11. The standard InChI is InChI=1S/C16H24N4S.ClH/c1-17-9-13-5-7-20(8-6-13)12-15-3-4-16(21-15)14-10-18-19(2)11-14;/h3-4,10-11,13,17H,5-9,12H2,1-2H3;1H. The first-order valence-electron chi connectivity index (χ1n) is 7.69. The van der Waals surface area contributed by atoms with E-state index in [-0.39, 0.29) is 12.4 Å². The van der Waals surface area contributed by atoms with Crippen molar-refractivity contribution in [3.8, 4) is 10.4 Å². The largest absolute Gasteiger partial charge is 0.319 e. The highest BCUT2D eigenvalue weighted by Crippen LogP contribution is 2.29. The summed E-state index contributed by atoms with van der Waals surface area (Å²) in [4.78, 5) is 5.37. The van der Waals surface area contributed by atoms with E-state index >= 15 is 0 Å². The fraction of sp³-hybridized carbons (Fsp3) is 0.562. The Bertz CT molecular complexity index is 572. The maximum Gasteiger partial charge on any atom is 0.0576 e. The average Bonchev–Trinajstić information content (AvgIpc) is 3.10. The van der Waals surface area contributed by atoms with E-state index in [1.807, 2.05) is 29.3 Å².